The van der Waals surface area contributed by atoms with Gasteiger partial charge < -0.3 is 9.64 Å². The van der Waals surface area contributed by atoms with E-state index in [9.17, 15) is 18.4 Å². The second-order valence-electron chi connectivity index (χ2n) is 8.45. The number of nitriles is 1. The lowest BCUT2D eigenvalue weighted by Gasteiger charge is -2.35. The standard InChI is InChI=1S/C25H22F3N7O/c26-25(27,28)17-36-21-11-22(24-19(12-29)14-32-35(24)16-21)18-4-5-23(31-13-18)34-9-7-33(8-10-34)15-20-3-1-2-6-30-20/h1-6,11,13-14,16H,7-10,15,17H2. The van der Waals surface area contributed by atoms with Crippen LogP contribution in [0.15, 0.2) is 61.2 Å². The first-order valence-corrected chi connectivity index (χ1v) is 11.3. The van der Waals surface area contributed by atoms with Gasteiger partial charge in [0.25, 0.3) is 0 Å². The van der Waals surface area contributed by atoms with E-state index in [0.717, 1.165) is 44.2 Å². The van der Waals surface area contributed by atoms with Gasteiger partial charge in [-0.25, -0.2) is 9.50 Å². The van der Waals surface area contributed by atoms with Crippen LogP contribution in [0.4, 0.5) is 19.0 Å². The average Bonchev–Trinajstić information content (AvgIpc) is 3.31. The van der Waals surface area contributed by atoms with Crippen LogP contribution in [-0.4, -0.2) is 63.4 Å². The lowest BCUT2D eigenvalue weighted by Crippen LogP contribution is -2.46. The summed E-state index contributed by atoms with van der Waals surface area (Å²) in [7, 11) is 0. The number of piperazine rings is 1. The third-order valence-corrected chi connectivity index (χ3v) is 5.98. The van der Waals surface area contributed by atoms with Crippen LogP contribution in [0.25, 0.3) is 16.6 Å². The Morgan fingerprint density at radius 3 is 2.53 bits per heavy atom. The summed E-state index contributed by atoms with van der Waals surface area (Å²) >= 11 is 0. The highest BCUT2D eigenvalue weighted by Crippen LogP contribution is 2.32. The van der Waals surface area contributed by atoms with E-state index in [4.69, 9.17) is 4.74 Å². The Kier molecular flexibility index (Phi) is 6.43. The van der Waals surface area contributed by atoms with E-state index in [1.165, 1.54) is 23.0 Å². The number of alkyl halides is 3. The molecular formula is C25H22F3N7O. The van der Waals surface area contributed by atoms with Crippen LogP contribution in [0, 0.1) is 11.3 Å². The van der Waals surface area contributed by atoms with Crippen LogP contribution in [0.3, 0.4) is 0 Å². The maximum atomic E-state index is 12.7. The van der Waals surface area contributed by atoms with Crippen molar-refractivity contribution in [1.82, 2.24) is 24.5 Å². The minimum Gasteiger partial charge on any atom is -0.482 e. The van der Waals surface area contributed by atoms with E-state index in [1.807, 2.05) is 30.3 Å². The summed E-state index contributed by atoms with van der Waals surface area (Å²) in [5.41, 5.74) is 2.99. The molecule has 1 saturated heterocycles. The van der Waals surface area contributed by atoms with Gasteiger partial charge in [0.2, 0.25) is 0 Å². The number of anilines is 1. The number of hydrogen-bond donors (Lipinski definition) is 0. The minimum absolute atomic E-state index is 0.00415. The van der Waals surface area contributed by atoms with E-state index in [1.54, 1.807) is 12.4 Å². The number of rotatable bonds is 6. The van der Waals surface area contributed by atoms with Gasteiger partial charge in [-0.05, 0) is 30.3 Å². The van der Waals surface area contributed by atoms with Gasteiger partial charge in [-0.1, -0.05) is 6.07 Å². The summed E-state index contributed by atoms with van der Waals surface area (Å²) in [4.78, 5) is 13.5. The van der Waals surface area contributed by atoms with Crippen LogP contribution in [0.5, 0.6) is 5.75 Å². The number of fused-ring (bicyclic) bond motifs is 1. The van der Waals surface area contributed by atoms with Crippen molar-refractivity contribution in [2.45, 2.75) is 12.7 Å². The normalized spacial score (nSPS) is 14.7. The summed E-state index contributed by atoms with van der Waals surface area (Å²) in [6.07, 6.45) is 1.69. The number of hydrogen-bond acceptors (Lipinski definition) is 7. The number of nitrogens with zero attached hydrogens (tertiary/aromatic N) is 7. The van der Waals surface area contributed by atoms with Crippen molar-refractivity contribution in [2.24, 2.45) is 0 Å². The van der Waals surface area contributed by atoms with Crippen LogP contribution >= 0.6 is 0 Å². The molecule has 11 heteroatoms. The molecule has 184 valence electrons. The molecule has 0 radical (unpaired) electrons. The third-order valence-electron chi connectivity index (χ3n) is 5.98. The van der Waals surface area contributed by atoms with Crippen LogP contribution in [0.1, 0.15) is 11.3 Å². The number of aromatic nitrogens is 4. The third kappa shape index (κ3) is 5.23. The van der Waals surface area contributed by atoms with Gasteiger partial charge in [0, 0.05) is 56.2 Å². The number of ether oxygens (including phenoxy) is 1. The highest BCUT2D eigenvalue weighted by atomic mass is 19.4. The fourth-order valence-corrected chi connectivity index (χ4v) is 4.23. The fourth-order valence-electron chi connectivity index (χ4n) is 4.23. The van der Waals surface area contributed by atoms with Crippen molar-refractivity contribution in [2.75, 3.05) is 37.7 Å². The van der Waals surface area contributed by atoms with Crippen molar-refractivity contribution in [1.29, 1.82) is 5.26 Å². The topological polar surface area (TPSA) is 82.6 Å². The largest absolute Gasteiger partial charge is 0.482 e. The molecule has 4 aromatic rings. The quantitative estimate of drug-likeness (QED) is 0.403. The van der Waals surface area contributed by atoms with Gasteiger partial charge in [-0.2, -0.15) is 23.5 Å². The van der Waals surface area contributed by atoms with E-state index >= 15 is 0 Å². The van der Waals surface area contributed by atoms with Crippen molar-refractivity contribution in [3.05, 3.63) is 72.4 Å². The van der Waals surface area contributed by atoms with Crippen molar-refractivity contribution in [3.63, 3.8) is 0 Å². The molecule has 4 aromatic heterocycles. The minimum atomic E-state index is -4.47. The van der Waals surface area contributed by atoms with Gasteiger partial charge in [-0.15, -0.1) is 0 Å². The van der Waals surface area contributed by atoms with Crippen LogP contribution in [0.2, 0.25) is 0 Å². The monoisotopic (exact) mass is 493 g/mol. The first-order valence-electron chi connectivity index (χ1n) is 11.3. The van der Waals surface area contributed by atoms with E-state index in [-0.39, 0.29) is 5.75 Å². The molecule has 1 aliphatic rings. The SMILES string of the molecule is N#Cc1cnn2cc(OCC(F)(F)F)cc(-c3ccc(N4CCN(Cc5ccccn5)CC4)nc3)c12. The lowest BCUT2D eigenvalue weighted by molar-refractivity contribution is -0.153. The van der Waals surface area contributed by atoms with Crippen molar-refractivity contribution in [3.8, 4) is 22.9 Å². The highest BCUT2D eigenvalue weighted by molar-refractivity contribution is 5.85. The average molecular weight is 493 g/mol. The summed E-state index contributed by atoms with van der Waals surface area (Å²) in [5, 5.41) is 13.6. The maximum absolute atomic E-state index is 12.7. The Labute approximate surface area is 205 Å². The zero-order valence-corrected chi connectivity index (χ0v) is 19.2. The van der Waals surface area contributed by atoms with Gasteiger partial charge in [0.05, 0.1) is 29.2 Å². The molecular weight excluding hydrogens is 471 g/mol. The zero-order chi connectivity index (χ0) is 25.1. The first-order chi connectivity index (χ1) is 17.4. The van der Waals surface area contributed by atoms with Gasteiger partial charge >= 0.3 is 6.18 Å². The summed E-state index contributed by atoms with van der Waals surface area (Å²) in [6.45, 7) is 2.75. The summed E-state index contributed by atoms with van der Waals surface area (Å²) < 4.78 is 44.3. The summed E-state index contributed by atoms with van der Waals surface area (Å²) in [5.74, 6) is 0.807. The zero-order valence-electron chi connectivity index (χ0n) is 19.2. The van der Waals surface area contributed by atoms with Crippen molar-refractivity contribution >= 4 is 11.3 Å². The Bertz CT molecular complexity index is 1370. The second-order valence-corrected chi connectivity index (χ2v) is 8.45. The smallest absolute Gasteiger partial charge is 0.422 e. The molecule has 0 atom stereocenters. The van der Waals surface area contributed by atoms with Gasteiger partial charge in [0.15, 0.2) is 6.61 Å². The van der Waals surface area contributed by atoms with E-state index < -0.39 is 12.8 Å². The Morgan fingerprint density at radius 2 is 1.86 bits per heavy atom. The molecule has 0 spiro atoms. The Hall–Kier alpha value is -4.17. The molecule has 0 aliphatic carbocycles. The maximum Gasteiger partial charge on any atom is 0.422 e. The predicted octanol–water partition coefficient (Wildman–Crippen LogP) is 3.93. The van der Waals surface area contributed by atoms with Gasteiger partial charge in [-0.3, -0.25) is 9.88 Å². The molecule has 1 aliphatic heterocycles. The van der Waals surface area contributed by atoms with Crippen molar-refractivity contribution < 1.29 is 17.9 Å². The Balaban J connectivity index is 1.34. The number of halogens is 3. The molecule has 36 heavy (non-hydrogen) atoms. The fraction of sp³-hybridized carbons (Fsp3) is 0.280. The van der Waals surface area contributed by atoms with E-state index in [2.05, 4.69) is 30.9 Å². The molecule has 8 nitrogen and oxygen atoms in total. The molecule has 1 fully saturated rings. The number of pyridine rings is 3. The predicted molar refractivity (Wildman–Crippen MR) is 126 cm³/mol. The first kappa shape index (κ1) is 23.6. The molecule has 0 unspecified atom stereocenters. The molecule has 5 rings (SSSR count). The van der Waals surface area contributed by atoms with Crippen LogP contribution in [-0.2, 0) is 6.54 Å². The summed E-state index contributed by atoms with van der Waals surface area (Å²) in [6, 6.07) is 13.2. The highest BCUT2D eigenvalue weighted by Gasteiger charge is 2.29. The molecule has 0 N–H and O–H groups in total. The molecule has 0 aromatic carbocycles. The Morgan fingerprint density at radius 1 is 1.03 bits per heavy atom. The van der Waals surface area contributed by atoms with Crippen LogP contribution < -0.4 is 9.64 Å². The molecule has 0 bridgehead atoms. The molecule has 0 saturated carbocycles. The molecule has 5 heterocycles. The van der Waals surface area contributed by atoms with Gasteiger partial charge in [0.1, 0.15) is 17.6 Å². The second kappa shape index (κ2) is 9.83. The lowest BCUT2D eigenvalue weighted by atomic mass is 10.1. The van der Waals surface area contributed by atoms with E-state index in [0.29, 0.717) is 22.2 Å². The molecule has 0 amide bonds.